The van der Waals surface area contributed by atoms with E-state index in [1.807, 2.05) is 0 Å². The third kappa shape index (κ3) is 3.88. The first kappa shape index (κ1) is 26.9. The monoisotopic (exact) mass is 642 g/mol. The first-order valence-electron chi connectivity index (χ1n) is 16.5. The molecule has 0 saturated heterocycles. The smallest absolute Gasteiger partial charge is 0.160 e. The maximum Gasteiger partial charge on any atom is 0.160 e. The fourth-order valence-corrected chi connectivity index (χ4v) is 8.92. The van der Waals surface area contributed by atoms with E-state index in [0.717, 1.165) is 39.1 Å². The molecule has 0 fully saturated rings. The van der Waals surface area contributed by atoms with Crippen molar-refractivity contribution in [3.05, 3.63) is 158 Å². The lowest BCUT2D eigenvalue weighted by molar-refractivity contribution is 1.12. The van der Waals surface area contributed by atoms with Gasteiger partial charge < -0.3 is 9.13 Å². The van der Waals surface area contributed by atoms with Crippen LogP contribution in [0.3, 0.4) is 0 Å². The summed E-state index contributed by atoms with van der Waals surface area (Å²) >= 11 is 1.80. The normalized spacial score (nSPS) is 12.4. The van der Waals surface area contributed by atoms with Gasteiger partial charge >= 0.3 is 0 Å². The molecule has 0 saturated carbocycles. The highest BCUT2D eigenvalue weighted by molar-refractivity contribution is 7.99. The summed E-state index contributed by atoms with van der Waals surface area (Å²) in [6.07, 6.45) is 0. The van der Waals surface area contributed by atoms with E-state index in [1.54, 1.807) is 11.8 Å². The molecule has 1 aliphatic heterocycles. The second-order valence-electron chi connectivity index (χ2n) is 12.6. The highest BCUT2D eigenvalue weighted by Gasteiger charge is 2.23. The van der Waals surface area contributed by atoms with Crippen LogP contribution in [0.4, 0.5) is 0 Å². The Kier molecular flexibility index (Phi) is 5.57. The lowest BCUT2D eigenvalue weighted by Crippen LogP contribution is -2.03. The van der Waals surface area contributed by atoms with Crippen LogP contribution in [0.1, 0.15) is 0 Å². The van der Waals surface area contributed by atoms with E-state index in [9.17, 15) is 0 Å². The third-order valence-corrected chi connectivity index (χ3v) is 11.0. The maximum atomic E-state index is 5.39. The molecular weight excluding hydrogens is 617 g/mol. The van der Waals surface area contributed by atoms with Crippen LogP contribution in [0.25, 0.3) is 88.5 Å². The number of fused-ring (bicyclic) bond motifs is 8. The van der Waals surface area contributed by atoms with Crippen molar-refractivity contribution >= 4 is 66.3 Å². The summed E-state index contributed by atoms with van der Waals surface area (Å²) in [5.74, 6) is 0.714. The summed E-state index contributed by atoms with van der Waals surface area (Å²) in [6.45, 7) is 0. The number of para-hydroxylation sites is 4. The predicted octanol–water partition coefficient (Wildman–Crippen LogP) is 11.6. The Labute approximate surface area is 285 Å². The average Bonchev–Trinajstić information content (AvgIpc) is 3.68. The Morgan fingerprint density at radius 1 is 0.429 bits per heavy atom. The minimum atomic E-state index is 0.714. The van der Waals surface area contributed by atoms with Crippen LogP contribution in [-0.2, 0) is 0 Å². The molecular formula is C44H26N4S. The van der Waals surface area contributed by atoms with Crippen molar-refractivity contribution in [2.45, 2.75) is 9.79 Å². The van der Waals surface area contributed by atoms with E-state index >= 15 is 0 Å². The molecule has 0 spiro atoms. The van der Waals surface area contributed by atoms with Crippen molar-refractivity contribution in [3.8, 4) is 34.0 Å². The van der Waals surface area contributed by atoms with Crippen LogP contribution in [0.15, 0.2) is 168 Å². The predicted molar refractivity (Wildman–Crippen MR) is 203 cm³/mol. The fourth-order valence-electron chi connectivity index (χ4n) is 7.81. The van der Waals surface area contributed by atoms with Crippen LogP contribution in [0.5, 0.6) is 0 Å². The summed E-state index contributed by atoms with van der Waals surface area (Å²) in [5, 5.41) is 6.05. The summed E-state index contributed by atoms with van der Waals surface area (Å²) in [7, 11) is 0. The minimum Gasteiger partial charge on any atom is -0.309 e. The summed E-state index contributed by atoms with van der Waals surface area (Å²) in [4.78, 5) is 13.1. The Bertz CT molecular complexity index is 2750. The number of hydrogen-bond donors (Lipinski definition) is 0. The van der Waals surface area contributed by atoms with E-state index < -0.39 is 0 Å². The zero-order valence-electron chi connectivity index (χ0n) is 26.2. The third-order valence-electron chi connectivity index (χ3n) is 9.88. The second-order valence-corrected chi connectivity index (χ2v) is 13.7. The molecule has 0 N–H and O–H groups in total. The molecule has 0 atom stereocenters. The van der Waals surface area contributed by atoms with Gasteiger partial charge in [-0.1, -0.05) is 109 Å². The number of hydrogen-bond acceptors (Lipinski definition) is 3. The van der Waals surface area contributed by atoms with E-state index in [4.69, 9.17) is 9.97 Å². The van der Waals surface area contributed by atoms with E-state index in [1.165, 1.54) is 53.4 Å². The van der Waals surface area contributed by atoms with Gasteiger partial charge in [0.15, 0.2) is 5.82 Å². The van der Waals surface area contributed by atoms with Gasteiger partial charge in [-0.2, -0.15) is 0 Å². The minimum absolute atomic E-state index is 0.714. The second kappa shape index (κ2) is 10.2. The van der Waals surface area contributed by atoms with Crippen LogP contribution in [-0.4, -0.2) is 19.1 Å². The van der Waals surface area contributed by atoms with Crippen molar-refractivity contribution in [3.63, 3.8) is 0 Å². The van der Waals surface area contributed by atoms with Gasteiger partial charge in [-0.05, 0) is 60.7 Å². The Balaban J connectivity index is 1.26. The summed E-state index contributed by atoms with van der Waals surface area (Å²) in [5.41, 5.74) is 10.9. The maximum absolute atomic E-state index is 5.39. The molecule has 10 aromatic rings. The fraction of sp³-hybridized carbons (Fsp3) is 0. The first-order valence-corrected chi connectivity index (χ1v) is 17.3. The van der Waals surface area contributed by atoms with Gasteiger partial charge in [-0.15, -0.1) is 0 Å². The Morgan fingerprint density at radius 3 is 1.49 bits per heavy atom. The topological polar surface area (TPSA) is 35.6 Å². The summed E-state index contributed by atoms with van der Waals surface area (Å²) < 4.78 is 4.78. The van der Waals surface area contributed by atoms with Crippen LogP contribution < -0.4 is 0 Å². The van der Waals surface area contributed by atoms with Crippen molar-refractivity contribution in [2.75, 3.05) is 0 Å². The molecule has 4 heterocycles. The highest BCUT2D eigenvalue weighted by Crippen LogP contribution is 2.47. The number of nitrogens with zero attached hydrogens (tertiary/aromatic N) is 4. The molecule has 4 nitrogen and oxygen atoms in total. The molecule has 0 aliphatic carbocycles. The standard InChI is InChI=1S/C44H26N4S/c1-6-18-36-30(12-1)31-13-2-7-19-37(31)47(36)28-24-27(25-29(26-28)48-38-20-8-3-14-32(38)33-15-4-9-21-39(33)48)44-45-35-17-11-23-41-42(35)43(46-44)34-16-5-10-22-40(34)49-41/h1-26H. The SMILES string of the molecule is c1ccc2c(c1)Sc1cccc3nc(-c4cc(-n5c6ccccc6c6ccccc65)cc(-n5c6ccccc6c6ccccc65)c4)nc-2c13. The van der Waals surface area contributed by atoms with Gasteiger partial charge in [0.25, 0.3) is 0 Å². The molecule has 3 aromatic heterocycles. The Hall–Kier alpha value is -6.17. The molecule has 228 valence electrons. The molecule has 0 amide bonds. The van der Waals surface area contributed by atoms with Gasteiger partial charge in [-0.25, -0.2) is 9.97 Å². The first-order chi connectivity index (χ1) is 24.3. The van der Waals surface area contributed by atoms with Crippen LogP contribution >= 0.6 is 11.8 Å². The molecule has 0 unspecified atom stereocenters. The number of rotatable bonds is 3. The molecule has 5 heteroatoms. The van der Waals surface area contributed by atoms with Crippen LogP contribution in [0.2, 0.25) is 0 Å². The van der Waals surface area contributed by atoms with Crippen LogP contribution in [0, 0.1) is 0 Å². The van der Waals surface area contributed by atoms with Gasteiger partial charge in [0.2, 0.25) is 0 Å². The van der Waals surface area contributed by atoms with E-state index in [2.05, 4.69) is 167 Å². The van der Waals surface area contributed by atoms with Crippen molar-refractivity contribution < 1.29 is 0 Å². The molecule has 0 bridgehead atoms. The quantitative estimate of drug-likeness (QED) is 0.192. The zero-order chi connectivity index (χ0) is 32.1. The van der Waals surface area contributed by atoms with Crippen molar-refractivity contribution in [1.82, 2.24) is 19.1 Å². The van der Waals surface area contributed by atoms with Gasteiger partial charge in [0, 0.05) is 59.2 Å². The van der Waals surface area contributed by atoms with Gasteiger partial charge in [0.1, 0.15) is 0 Å². The number of benzene rings is 7. The van der Waals surface area contributed by atoms with Gasteiger partial charge in [-0.3, -0.25) is 0 Å². The lowest BCUT2D eigenvalue weighted by Gasteiger charge is -2.20. The van der Waals surface area contributed by atoms with E-state index in [0.29, 0.717) is 5.82 Å². The molecule has 11 rings (SSSR count). The Morgan fingerprint density at radius 2 is 0.918 bits per heavy atom. The zero-order valence-corrected chi connectivity index (χ0v) is 27.0. The highest BCUT2D eigenvalue weighted by atomic mass is 32.2. The molecule has 0 radical (unpaired) electrons. The van der Waals surface area contributed by atoms with Crippen molar-refractivity contribution in [1.29, 1.82) is 0 Å². The average molecular weight is 643 g/mol. The molecule has 7 aromatic carbocycles. The number of aromatic nitrogens is 4. The molecule has 49 heavy (non-hydrogen) atoms. The summed E-state index contributed by atoms with van der Waals surface area (Å²) in [6, 6.07) is 56.6. The van der Waals surface area contributed by atoms with E-state index in [-0.39, 0.29) is 0 Å². The van der Waals surface area contributed by atoms with Crippen molar-refractivity contribution in [2.24, 2.45) is 0 Å². The largest absolute Gasteiger partial charge is 0.309 e. The molecule has 1 aliphatic rings. The van der Waals surface area contributed by atoms with Gasteiger partial charge in [0.05, 0.1) is 33.3 Å². The lowest BCUT2D eigenvalue weighted by atomic mass is 10.0.